The maximum absolute atomic E-state index is 12.9. The number of hydrogen-bond acceptors (Lipinski definition) is 7. The Labute approximate surface area is 185 Å². The molecule has 0 bridgehead atoms. The highest BCUT2D eigenvalue weighted by Gasteiger charge is 2.34. The summed E-state index contributed by atoms with van der Waals surface area (Å²) >= 11 is 2.95. The lowest BCUT2D eigenvalue weighted by molar-refractivity contribution is -0.0172. The SMILES string of the molecule is COc1ccc2nc(C)cc(SCC(=O)c3ccc(C4(O)CCN(C)CC4)s3)c2c1. The molecular weight excluding hydrogens is 416 g/mol. The Morgan fingerprint density at radius 2 is 2.03 bits per heavy atom. The largest absolute Gasteiger partial charge is 0.497 e. The molecule has 1 aromatic carbocycles. The van der Waals surface area contributed by atoms with Crippen LogP contribution in [0.15, 0.2) is 41.3 Å². The average molecular weight is 443 g/mol. The quantitative estimate of drug-likeness (QED) is 0.448. The summed E-state index contributed by atoms with van der Waals surface area (Å²) in [7, 11) is 3.71. The normalized spacial score (nSPS) is 16.7. The fourth-order valence-corrected chi connectivity index (χ4v) is 5.93. The first-order chi connectivity index (χ1) is 14.4. The fourth-order valence-electron chi connectivity index (χ4n) is 3.73. The lowest BCUT2D eigenvalue weighted by Crippen LogP contribution is -2.40. The number of aromatic nitrogens is 1. The molecule has 3 heterocycles. The maximum atomic E-state index is 12.9. The van der Waals surface area contributed by atoms with Gasteiger partial charge in [-0.3, -0.25) is 9.78 Å². The Morgan fingerprint density at radius 3 is 2.77 bits per heavy atom. The lowest BCUT2D eigenvalue weighted by Gasteiger charge is -2.35. The minimum Gasteiger partial charge on any atom is -0.497 e. The fraction of sp³-hybridized carbons (Fsp3) is 0.391. The van der Waals surface area contributed by atoms with E-state index in [2.05, 4.69) is 16.9 Å². The van der Waals surface area contributed by atoms with Gasteiger partial charge in [-0.15, -0.1) is 23.1 Å². The number of aliphatic hydroxyl groups is 1. The predicted octanol–water partition coefficient (Wildman–Crippen LogP) is 4.50. The molecule has 0 atom stereocenters. The van der Waals surface area contributed by atoms with E-state index in [1.165, 1.54) is 23.1 Å². The van der Waals surface area contributed by atoms with Crippen molar-refractivity contribution in [1.82, 2.24) is 9.88 Å². The molecule has 1 N–H and O–H groups in total. The van der Waals surface area contributed by atoms with Gasteiger partial charge < -0.3 is 14.7 Å². The third-order valence-electron chi connectivity index (χ3n) is 5.62. The number of carbonyl (C=O) groups is 1. The highest BCUT2D eigenvalue weighted by Crippen LogP contribution is 2.37. The average Bonchev–Trinajstić information content (AvgIpc) is 3.25. The Morgan fingerprint density at radius 1 is 1.27 bits per heavy atom. The molecule has 0 radical (unpaired) electrons. The van der Waals surface area contributed by atoms with Crippen molar-refractivity contribution in [1.29, 1.82) is 0 Å². The summed E-state index contributed by atoms with van der Waals surface area (Å²) < 4.78 is 5.35. The van der Waals surface area contributed by atoms with Crippen LogP contribution in [0.2, 0.25) is 0 Å². The molecular formula is C23H26N2O3S2. The molecule has 30 heavy (non-hydrogen) atoms. The molecule has 5 nitrogen and oxygen atoms in total. The Bertz CT molecular complexity index is 1070. The van der Waals surface area contributed by atoms with Crippen molar-refractivity contribution >= 4 is 39.8 Å². The summed E-state index contributed by atoms with van der Waals surface area (Å²) in [4.78, 5) is 22.3. The maximum Gasteiger partial charge on any atom is 0.182 e. The first-order valence-corrected chi connectivity index (χ1v) is 11.8. The number of pyridine rings is 1. The molecule has 158 valence electrons. The number of hydrogen-bond donors (Lipinski definition) is 1. The highest BCUT2D eigenvalue weighted by molar-refractivity contribution is 8.00. The summed E-state index contributed by atoms with van der Waals surface area (Å²) in [6.07, 6.45) is 1.41. The number of likely N-dealkylation sites (tertiary alicyclic amines) is 1. The number of benzene rings is 1. The van der Waals surface area contributed by atoms with Crippen LogP contribution >= 0.6 is 23.1 Å². The van der Waals surface area contributed by atoms with Gasteiger partial charge in [-0.1, -0.05) is 0 Å². The van der Waals surface area contributed by atoms with Crippen LogP contribution in [0.5, 0.6) is 5.75 Å². The second kappa shape index (κ2) is 8.67. The summed E-state index contributed by atoms with van der Waals surface area (Å²) in [6.45, 7) is 3.69. The first-order valence-electron chi connectivity index (χ1n) is 10.0. The van der Waals surface area contributed by atoms with E-state index in [-0.39, 0.29) is 5.78 Å². The van der Waals surface area contributed by atoms with Crippen molar-refractivity contribution in [2.75, 3.05) is 33.0 Å². The molecule has 0 amide bonds. The number of ether oxygens (including phenoxy) is 1. The minimum absolute atomic E-state index is 0.0817. The number of carbonyl (C=O) groups excluding carboxylic acids is 1. The van der Waals surface area contributed by atoms with E-state index in [1.807, 2.05) is 43.3 Å². The number of ketones is 1. The van der Waals surface area contributed by atoms with Gasteiger partial charge in [-0.05, 0) is 63.2 Å². The van der Waals surface area contributed by atoms with Crippen LogP contribution in [0.25, 0.3) is 10.9 Å². The topological polar surface area (TPSA) is 62.7 Å². The van der Waals surface area contributed by atoms with Gasteiger partial charge in [0.2, 0.25) is 0 Å². The number of fused-ring (bicyclic) bond motifs is 1. The standard InChI is InChI=1S/C23H26N2O3S2/c1-15-12-21(17-13-16(28-3)4-5-18(17)24-15)29-14-19(26)20-6-7-22(30-20)23(27)8-10-25(2)11-9-23/h4-7,12-13,27H,8-11,14H2,1-3H3. The predicted molar refractivity (Wildman–Crippen MR) is 123 cm³/mol. The first kappa shape index (κ1) is 21.3. The zero-order chi connectivity index (χ0) is 21.3. The number of nitrogens with zero attached hydrogens (tertiary/aromatic N) is 2. The molecule has 7 heteroatoms. The number of aryl methyl sites for hydroxylation is 1. The Kier molecular flexibility index (Phi) is 6.16. The van der Waals surface area contributed by atoms with Gasteiger partial charge in [0.25, 0.3) is 0 Å². The smallest absolute Gasteiger partial charge is 0.182 e. The number of Topliss-reactive ketones (excluding diaryl/α,β-unsaturated/α-hetero) is 1. The van der Waals surface area contributed by atoms with E-state index in [4.69, 9.17) is 4.74 Å². The summed E-state index contributed by atoms with van der Waals surface area (Å²) in [5.41, 5.74) is 1.01. The van der Waals surface area contributed by atoms with Gasteiger partial charge in [0, 0.05) is 33.9 Å². The molecule has 0 spiro atoms. The summed E-state index contributed by atoms with van der Waals surface area (Å²) in [6, 6.07) is 11.6. The molecule has 0 aliphatic carbocycles. The van der Waals surface area contributed by atoms with Crippen LogP contribution in [-0.2, 0) is 5.60 Å². The molecule has 1 saturated heterocycles. The van der Waals surface area contributed by atoms with Crippen molar-refractivity contribution in [2.24, 2.45) is 0 Å². The third-order valence-corrected chi connectivity index (χ3v) is 7.99. The highest BCUT2D eigenvalue weighted by atomic mass is 32.2. The van der Waals surface area contributed by atoms with Gasteiger partial charge in [0.15, 0.2) is 5.78 Å². The van der Waals surface area contributed by atoms with Gasteiger partial charge in [-0.2, -0.15) is 0 Å². The van der Waals surface area contributed by atoms with E-state index >= 15 is 0 Å². The van der Waals surface area contributed by atoms with Crippen molar-refractivity contribution in [2.45, 2.75) is 30.3 Å². The number of thiophene rings is 1. The van der Waals surface area contributed by atoms with Gasteiger partial charge in [0.05, 0.1) is 23.3 Å². The number of piperidine rings is 1. The van der Waals surface area contributed by atoms with Gasteiger partial charge >= 0.3 is 0 Å². The van der Waals surface area contributed by atoms with Gasteiger partial charge in [0.1, 0.15) is 11.4 Å². The van der Waals surface area contributed by atoms with Crippen molar-refractivity contribution < 1.29 is 14.6 Å². The van der Waals surface area contributed by atoms with Crippen molar-refractivity contribution in [3.63, 3.8) is 0 Å². The van der Waals surface area contributed by atoms with Gasteiger partial charge in [-0.25, -0.2) is 0 Å². The molecule has 2 aromatic heterocycles. The zero-order valence-corrected chi connectivity index (χ0v) is 19.1. The molecule has 3 aromatic rings. The van der Waals surface area contributed by atoms with Crippen LogP contribution in [0.1, 0.15) is 33.1 Å². The third kappa shape index (κ3) is 4.39. The molecule has 1 aliphatic heterocycles. The van der Waals surface area contributed by atoms with Crippen LogP contribution in [0, 0.1) is 6.92 Å². The summed E-state index contributed by atoms with van der Waals surface area (Å²) in [5.74, 6) is 1.20. The van der Waals surface area contributed by atoms with E-state index in [0.717, 1.165) is 45.2 Å². The zero-order valence-electron chi connectivity index (χ0n) is 17.5. The monoisotopic (exact) mass is 442 g/mol. The van der Waals surface area contributed by atoms with Crippen molar-refractivity contribution in [3.05, 3.63) is 51.8 Å². The number of methoxy groups -OCH3 is 1. The Balaban J connectivity index is 1.50. The van der Waals surface area contributed by atoms with Crippen LogP contribution in [0.3, 0.4) is 0 Å². The summed E-state index contributed by atoms with van der Waals surface area (Å²) in [5, 5.41) is 12.0. The van der Waals surface area contributed by atoms with Crippen molar-refractivity contribution in [3.8, 4) is 5.75 Å². The minimum atomic E-state index is -0.808. The molecule has 0 unspecified atom stereocenters. The molecule has 1 aliphatic rings. The molecule has 0 saturated carbocycles. The second-order valence-electron chi connectivity index (χ2n) is 7.86. The van der Waals surface area contributed by atoms with E-state index in [0.29, 0.717) is 23.5 Å². The van der Waals surface area contributed by atoms with E-state index in [1.54, 1.807) is 7.11 Å². The van der Waals surface area contributed by atoms with Crippen LogP contribution < -0.4 is 4.74 Å². The second-order valence-corrected chi connectivity index (χ2v) is 9.96. The molecule has 1 fully saturated rings. The van der Waals surface area contributed by atoms with Crippen LogP contribution in [-0.4, -0.2) is 53.8 Å². The van der Waals surface area contributed by atoms with Crippen LogP contribution in [0.4, 0.5) is 0 Å². The lowest BCUT2D eigenvalue weighted by atomic mass is 9.90. The molecule has 4 rings (SSSR count). The Hall–Kier alpha value is -1.93. The number of thioether (sulfide) groups is 1. The van der Waals surface area contributed by atoms with E-state index in [9.17, 15) is 9.90 Å². The number of rotatable bonds is 6. The van der Waals surface area contributed by atoms with E-state index < -0.39 is 5.60 Å².